The number of aliphatic carboxylic acids is 1. The number of nitrogens with two attached hydrogens (primary N) is 2. The lowest BCUT2D eigenvalue weighted by Gasteiger charge is -2.28. The highest BCUT2D eigenvalue weighted by atomic mass is 16.4. The smallest absolute Gasteiger partial charge is 0.328 e. The number of rotatable bonds is 11. The first-order valence-electron chi connectivity index (χ1n) is 9.91. The summed E-state index contributed by atoms with van der Waals surface area (Å²) in [5.41, 5.74) is 8.70. The van der Waals surface area contributed by atoms with E-state index in [9.17, 15) is 29.1 Å². The molecule has 32 heavy (non-hydrogen) atoms. The average Bonchev–Trinajstić information content (AvgIpc) is 2.66. The Morgan fingerprint density at radius 3 is 1.97 bits per heavy atom. The van der Waals surface area contributed by atoms with Crippen LogP contribution in [0.1, 0.15) is 39.7 Å². The SMILES string of the molecule is CC(C)(N)C(=O)N[C@@H](CC(N)=O)C(=O)N[C@@H](Cc1ccccc1)C(=O)NC(C)(C)C(=O)O. The van der Waals surface area contributed by atoms with Crippen LogP contribution in [0.4, 0.5) is 0 Å². The fourth-order valence-corrected chi connectivity index (χ4v) is 2.53. The van der Waals surface area contributed by atoms with E-state index in [1.807, 2.05) is 0 Å². The maximum Gasteiger partial charge on any atom is 0.328 e. The van der Waals surface area contributed by atoms with Crippen molar-refractivity contribution >= 4 is 29.6 Å². The highest BCUT2D eigenvalue weighted by Crippen LogP contribution is 2.08. The fraction of sp³-hybridized carbons (Fsp3) is 0.476. The fourth-order valence-electron chi connectivity index (χ4n) is 2.53. The Kier molecular flexibility index (Phi) is 8.89. The molecule has 0 aliphatic heterocycles. The van der Waals surface area contributed by atoms with Gasteiger partial charge in [-0.3, -0.25) is 19.2 Å². The maximum atomic E-state index is 12.9. The summed E-state index contributed by atoms with van der Waals surface area (Å²) in [6.07, 6.45) is -0.484. The topological polar surface area (TPSA) is 194 Å². The molecule has 0 saturated heterocycles. The summed E-state index contributed by atoms with van der Waals surface area (Å²) < 4.78 is 0. The molecule has 11 nitrogen and oxygen atoms in total. The first kappa shape index (κ1) is 26.6. The van der Waals surface area contributed by atoms with Gasteiger partial charge in [0, 0.05) is 6.42 Å². The van der Waals surface area contributed by atoms with Crippen LogP contribution >= 0.6 is 0 Å². The van der Waals surface area contributed by atoms with Gasteiger partial charge < -0.3 is 32.5 Å². The number of nitrogens with one attached hydrogen (secondary N) is 3. The molecule has 0 saturated carbocycles. The van der Waals surface area contributed by atoms with Crippen molar-refractivity contribution in [3.8, 4) is 0 Å². The molecule has 0 aliphatic rings. The van der Waals surface area contributed by atoms with Crippen molar-refractivity contribution in [1.29, 1.82) is 0 Å². The van der Waals surface area contributed by atoms with Gasteiger partial charge in [-0.2, -0.15) is 0 Å². The molecule has 8 N–H and O–H groups in total. The molecule has 0 unspecified atom stereocenters. The Balaban J connectivity index is 3.14. The minimum atomic E-state index is -1.60. The van der Waals surface area contributed by atoms with E-state index >= 15 is 0 Å². The lowest BCUT2D eigenvalue weighted by atomic mass is 10.0. The third kappa shape index (κ3) is 8.34. The molecule has 0 aromatic heterocycles. The number of carboxylic acids is 1. The van der Waals surface area contributed by atoms with Crippen molar-refractivity contribution in [2.45, 2.75) is 63.7 Å². The van der Waals surface area contributed by atoms with Gasteiger partial charge >= 0.3 is 5.97 Å². The van der Waals surface area contributed by atoms with Crippen LogP contribution in [-0.4, -0.2) is 57.9 Å². The van der Waals surface area contributed by atoms with Crippen molar-refractivity contribution < 1.29 is 29.1 Å². The molecule has 0 bridgehead atoms. The van der Waals surface area contributed by atoms with E-state index in [1.165, 1.54) is 27.7 Å². The second-order valence-electron chi connectivity index (χ2n) is 8.59. The molecule has 1 aromatic rings. The monoisotopic (exact) mass is 449 g/mol. The van der Waals surface area contributed by atoms with Gasteiger partial charge in [0.15, 0.2) is 0 Å². The van der Waals surface area contributed by atoms with Crippen LogP contribution in [0, 0.1) is 0 Å². The molecule has 0 fully saturated rings. The van der Waals surface area contributed by atoms with Crippen LogP contribution < -0.4 is 27.4 Å². The van der Waals surface area contributed by atoms with E-state index in [1.54, 1.807) is 30.3 Å². The molecular weight excluding hydrogens is 418 g/mol. The van der Waals surface area contributed by atoms with E-state index in [4.69, 9.17) is 11.5 Å². The highest BCUT2D eigenvalue weighted by Gasteiger charge is 2.35. The van der Waals surface area contributed by atoms with E-state index in [2.05, 4.69) is 16.0 Å². The number of benzene rings is 1. The Morgan fingerprint density at radius 1 is 0.938 bits per heavy atom. The number of primary amides is 1. The Hall–Kier alpha value is -3.47. The predicted octanol–water partition coefficient (Wildman–Crippen LogP) is -1.21. The lowest BCUT2D eigenvalue weighted by molar-refractivity contribution is -0.146. The van der Waals surface area contributed by atoms with Crippen molar-refractivity contribution in [2.75, 3.05) is 0 Å². The molecule has 1 rings (SSSR count). The zero-order valence-electron chi connectivity index (χ0n) is 18.6. The van der Waals surface area contributed by atoms with Crippen LogP contribution in [0.5, 0.6) is 0 Å². The number of amides is 4. The number of carbonyl (C=O) groups is 5. The zero-order chi connectivity index (χ0) is 24.7. The van der Waals surface area contributed by atoms with Gasteiger partial charge in [-0.15, -0.1) is 0 Å². The Morgan fingerprint density at radius 2 is 1.50 bits per heavy atom. The third-order valence-electron chi connectivity index (χ3n) is 4.50. The molecule has 2 atom stereocenters. The van der Waals surface area contributed by atoms with E-state index in [-0.39, 0.29) is 6.42 Å². The molecule has 1 aromatic carbocycles. The van der Waals surface area contributed by atoms with E-state index in [0.717, 1.165) is 0 Å². The minimum absolute atomic E-state index is 0.0354. The summed E-state index contributed by atoms with van der Waals surface area (Å²) in [6, 6.07) is 6.16. The summed E-state index contributed by atoms with van der Waals surface area (Å²) in [5, 5.41) is 16.5. The molecule has 0 radical (unpaired) electrons. The van der Waals surface area contributed by atoms with E-state index < -0.39 is 59.2 Å². The predicted molar refractivity (Wildman–Crippen MR) is 116 cm³/mol. The first-order chi connectivity index (χ1) is 14.6. The van der Waals surface area contributed by atoms with Crippen molar-refractivity contribution in [1.82, 2.24) is 16.0 Å². The summed E-state index contributed by atoms with van der Waals surface area (Å²) in [6.45, 7) is 5.44. The highest BCUT2D eigenvalue weighted by molar-refractivity contribution is 5.97. The van der Waals surface area contributed by atoms with Crippen LogP contribution in [0.25, 0.3) is 0 Å². The van der Waals surface area contributed by atoms with Gasteiger partial charge in [0.2, 0.25) is 23.6 Å². The molecule has 0 heterocycles. The van der Waals surface area contributed by atoms with Gasteiger partial charge in [-0.25, -0.2) is 4.79 Å². The summed E-state index contributed by atoms with van der Waals surface area (Å²) in [4.78, 5) is 60.8. The number of carboxylic acid groups (broad SMARTS) is 1. The first-order valence-corrected chi connectivity index (χ1v) is 9.91. The Bertz CT molecular complexity index is 863. The number of hydrogen-bond donors (Lipinski definition) is 6. The van der Waals surface area contributed by atoms with Crippen molar-refractivity contribution in [2.24, 2.45) is 11.5 Å². The molecule has 4 amide bonds. The van der Waals surface area contributed by atoms with Crippen molar-refractivity contribution in [3.05, 3.63) is 35.9 Å². The van der Waals surface area contributed by atoms with E-state index in [0.29, 0.717) is 5.56 Å². The molecule has 0 aliphatic carbocycles. The average molecular weight is 450 g/mol. The normalized spacial score (nSPS) is 13.4. The van der Waals surface area contributed by atoms with Crippen LogP contribution in [0.15, 0.2) is 30.3 Å². The second kappa shape index (κ2) is 10.7. The van der Waals surface area contributed by atoms with Crippen LogP contribution in [0.3, 0.4) is 0 Å². The largest absolute Gasteiger partial charge is 0.480 e. The van der Waals surface area contributed by atoms with Gasteiger partial charge in [0.05, 0.1) is 12.0 Å². The standard InChI is InChI=1S/C21H31N5O6/c1-20(2,23)18(30)25-14(11-15(22)27)16(28)24-13(10-12-8-6-5-7-9-12)17(29)26-21(3,4)19(31)32/h5-9,13-14H,10-11,23H2,1-4H3,(H2,22,27)(H,24,28)(H,25,30)(H,26,29)(H,31,32)/t13-,14-/m0/s1. The molecular formula is C21H31N5O6. The Labute approximate surface area is 186 Å². The van der Waals surface area contributed by atoms with Gasteiger partial charge in [0.1, 0.15) is 17.6 Å². The van der Waals surface area contributed by atoms with Gasteiger partial charge in [-0.05, 0) is 33.3 Å². The zero-order valence-corrected chi connectivity index (χ0v) is 18.6. The minimum Gasteiger partial charge on any atom is -0.480 e. The third-order valence-corrected chi connectivity index (χ3v) is 4.50. The van der Waals surface area contributed by atoms with Gasteiger partial charge in [-0.1, -0.05) is 30.3 Å². The molecule has 176 valence electrons. The van der Waals surface area contributed by atoms with Crippen molar-refractivity contribution in [3.63, 3.8) is 0 Å². The van der Waals surface area contributed by atoms with Gasteiger partial charge in [0.25, 0.3) is 0 Å². The second-order valence-corrected chi connectivity index (χ2v) is 8.59. The summed E-state index contributed by atoms with van der Waals surface area (Å²) in [5.74, 6) is -4.41. The number of hydrogen-bond acceptors (Lipinski definition) is 6. The van der Waals surface area contributed by atoms with Crippen LogP contribution in [0.2, 0.25) is 0 Å². The summed E-state index contributed by atoms with van der Waals surface area (Å²) >= 11 is 0. The van der Waals surface area contributed by atoms with Crippen LogP contribution in [-0.2, 0) is 30.4 Å². The lowest BCUT2D eigenvalue weighted by Crippen LogP contribution is -2.61. The maximum absolute atomic E-state index is 12.9. The summed E-state index contributed by atoms with van der Waals surface area (Å²) in [7, 11) is 0. The molecule has 0 spiro atoms. The quantitative estimate of drug-likeness (QED) is 0.244. The number of carbonyl (C=O) groups excluding carboxylic acids is 4. The molecule has 11 heteroatoms.